The number of ether oxygens (including phenoxy) is 1. The molecule has 0 aromatic heterocycles. The lowest BCUT2D eigenvalue weighted by Gasteiger charge is -1.97. The van der Waals surface area contributed by atoms with E-state index in [9.17, 15) is 9.36 Å². The van der Waals surface area contributed by atoms with Gasteiger partial charge in [0.15, 0.2) is 5.75 Å². The molecule has 0 spiro atoms. The van der Waals surface area contributed by atoms with E-state index in [-0.39, 0.29) is 6.16 Å². The summed E-state index contributed by atoms with van der Waals surface area (Å²) in [5.74, 6) is -0.00721. The molecule has 1 atom stereocenters. The van der Waals surface area contributed by atoms with Crippen LogP contribution < -0.4 is 4.52 Å². The van der Waals surface area contributed by atoms with E-state index in [4.69, 9.17) is 4.52 Å². The Labute approximate surface area is 89.1 Å². The van der Waals surface area contributed by atoms with Crippen LogP contribution >= 0.6 is 8.03 Å². The molecule has 4 nitrogen and oxygen atoms in total. The van der Waals surface area contributed by atoms with E-state index < -0.39 is 14.0 Å². The molecule has 1 rings (SSSR count). The Morgan fingerprint density at radius 2 is 2.07 bits per heavy atom. The number of hydrogen-bond donors (Lipinski definition) is 0. The van der Waals surface area contributed by atoms with Gasteiger partial charge in [0.25, 0.3) is 6.16 Å². The maximum atomic E-state index is 11.4. The number of benzene rings is 1. The Morgan fingerprint density at radius 1 is 1.40 bits per heavy atom. The van der Waals surface area contributed by atoms with Crippen molar-refractivity contribution in [3.8, 4) is 5.75 Å². The predicted octanol–water partition coefficient (Wildman–Crippen LogP) is 2.29. The summed E-state index contributed by atoms with van der Waals surface area (Å²) in [4.78, 5) is 10.8. The van der Waals surface area contributed by atoms with Gasteiger partial charge in [0.1, 0.15) is 0 Å². The third-order valence-electron chi connectivity index (χ3n) is 1.78. The molecule has 0 aliphatic rings. The van der Waals surface area contributed by atoms with Crippen LogP contribution in [-0.4, -0.2) is 19.2 Å². The second-order valence-electron chi connectivity index (χ2n) is 2.92. The first-order chi connectivity index (χ1) is 7.13. The van der Waals surface area contributed by atoms with Gasteiger partial charge in [0.05, 0.1) is 7.11 Å². The normalized spacial score (nSPS) is 10.7. The van der Waals surface area contributed by atoms with Crippen molar-refractivity contribution in [3.05, 3.63) is 29.8 Å². The topological polar surface area (TPSA) is 52.6 Å². The van der Waals surface area contributed by atoms with Crippen LogP contribution in [0.15, 0.2) is 24.3 Å². The van der Waals surface area contributed by atoms with Gasteiger partial charge in [-0.2, -0.15) is 0 Å². The van der Waals surface area contributed by atoms with Crippen molar-refractivity contribution in [2.75, 3.05) is 13.3 Å². The number of para-hydroxylation sites is 1. The van der Waals surface area contributed by atoms with Gasteiger partial charge in [0.2, 0.25) is 0 Å². The first-order valence-electron chi connectivity index (χ1n) is 4.38. The van der Waals surface area contributed by atoms with Crippen LogP contribution in [0.1, 0.15) is 5.56 Å². The van der Waals surface area contributed by atoms with Gasteiger partial charge < -0.3 is 4.74 Å². The molecular weight excluding hydrogens is 215 g/mol. The first-order valence-corrected chi connectivity index (χ1v) is 5.75. The van der Waals surface area contributed by atoms with Crippen molar-refractivity contribution in [1.82, 2.24) is 0 Å². The van der Waals surface area contributed by atoms with Crippen molar-refractivity contribution in [1.29, 1.82) is 0 Å². The largest absolute Gasteiger partial charge is 0.568 e. The zero-order valence-corrected chi connectivity index (χ0v) is 9.49. The lowest BCUT2D eigenvalue weighted by molar-refractivity contribution is -0.137. The molecular formula is C10H12O4P+. The molecule has 0 saturated heterocycles. The van der Waals surface area contributed by atoms with E-state index in [1.807, 2.05) is 19.1 Å². The molecule has 0 bridgehead atoms. The average molecular weight is 227 g/mol. The van der Waals surface area contributed by atoms with Crippen LogP contribution in [0.5, 0.6) is 5.75 Å². The molecule has 1 aromatic carbocycles. The second kappa shape index (κ2) is 5.47. The lowest BCUT2D eigenvalue weighted by atomic mass is 10.2. The highest BCUT2D eigenvalue weighted by atomic mass is 31.1. The number of hydrogen-bond acceptors (Lipinski definition) is 4. The summed E-state index contributed by atoms with van der Waals surface area (Å²) in [5, 5.41) is 0. The monoisotopic (exact) mass is 227 g/mol. The molecule has 0 aliphatic heterocycles. The van der Waals surface area contributed by atoms with Crippen molar-refractivity contribution < 1.29 is 18.6 Å². The van der Waals surface area contributed by atoms with E-state index in [1.165, 1.54) is 7.11 Å². The summed E-state index contributed by atoms with van der Waals surface area (Å²) >= 11 is 0. The van der Waals surface area contributed by atoms with E-state index in [0.717, 1.165) is 5.56 Å². The lowest BCUT2D eigenvalue weighted by Crippen LogP contribution is -2.04. The molecule has 0 amide bonds. The number of esters is 1. The average Bonchev–Trinajstić information content (AvgIpc) is 2.21. The van der Waals surface area contributed by atoms with Crippen molar-refractivity contribution in [2.24, 2.45) is 0 Å². The molecule has 0 radical (unpaired) electrons. The fraction of sp³-hybridized carbons (Fsp3) is 0.300. The van der Waals surface area contributed by atoms with Gasteiger partial charge in [-0.1, -0.05) is 18.2 Å². The van der Waals surface area contributed by atoms with Crippen LogP contribution in [0.3, 0.4) is 0 Å². The molecule has 0 N–H and O–H groups in total. The molecule has 0 fully saturated rings. The maximum Gasteiger partial charge on any atom is 0.568 e. The zero-order valence-electron chi connectivity index (χ0n) is 8.60. The van der Waals surface area contributed by atoms with Gasteiger partial charge in [-0.3, -0.25) is 4.52 Å². The summed E-state index contributed by atoms with van der Waals surface area (Å²) in [7, 11) is -0.794. The van der Waals surface area contributed by atoms with Crippen LogP contribution in [0.25, 0.3) is 0 Å². The van der Waals surface area contributed by atoms with Crippen molar-refractivity contribution in [2.45, 2.75) is 6.92 Å². The highest BCUT2D eigenvalue weighted by Gasteiger charge is 2.25. The molecule has 80 valence electrons. The zero-order chi connectivity index (χ0) is 11.3. The molecule has 15 heavy (non-hydrogen) atoms. The molecule has 5 heteroatoms. The number of carbonyl (C=O) groups excluding carboxylic acids is 1. The second-order valence-corrected chi connectivity index (χ2v) is 4.09. The Kier molecular flexibility index (Phi) is 4.25. The summed E-state index contributed by atoms with van der Waals surface area (Å²) in [6.45, 7) is 1.84. The van der Waals surface area contributed by atoms with E-state index in [2.05, 4.69) is 4.74 Å². The maximum absolute atomic E-state index is 11.4. The molecule has 1 unspecified atom stereocenters. The Hall–Kier alpha value is -1.41. The van der Waals surface area contributed by atoms with Crippen LogP contribution in [-0.2, 0) is 14.1 Å². The Morgan fingerprint density at radius 3 is 2.67 bits per heavy atom. The van der Waals surface area contributed by atoms with E-state index in [0.29, 0.717) is 5.75 Å². The van der Waals surface area contributed by atoms with Gasteiger partial charge in [0, 0.05) is 0 Å². The van der Waals surface area contributed by atoms with E-state index in [1.54, 1.807) is 12.1 Å². The minimum absolute atomic E-state index is 0.222. The quantitative estimate of drug-likeness (QED) is 0.585. The Bertz CT molecular complexity index is 375. The van der Waals surface area contributed by atoms with Gasteiger partial charge in [-0.25, -0.2) is 4.79 Å². The number of carbonyl (C=O) groups is 1. The molecule has 0 aliphatic carbocycles. The van der Waals surface area contributed by atoms with E-state index >= 15 is 0 Å². The van der Waals surface area contributed by atoms with Gasteiger partial charge in [-0.15, -0.1) is 0 Å². The van der Waals surface area contributed by atoms with Crippen molar-refractivity contribution >= 4 is 14.0 Å². The third-order valence-corrected chi connectivity index (χ3v) is 2.70. The molecule has 0 saturated carbocycles. The number of rotatable bonds is 4. The number of methoxy groups -OCH3 is 1. The fourth-order valence-corrected chi connectivity index (χ4v) is 1.80. The molecule has 1 aromatic rings. The standard InChI is InChI=1S/C10H12O4P/c1-8-5-3-4-6-9(8)14-15(12)7-10(11)13-2/h3-6H,7H2,1-2H3/q+1. The summed E-state index contributed by atoms with van der Waals surface area (Å²) in [6.07, 6.45) is -0.222. The summed E-state index contributed by atoms with van der Waals surface area (Å²) in [5.41, 5.74) is 0.880. The van der Waals surface area contributed by atoms with Crippen LogP contribution in [0, 0.1) is 6.92 Å². The fourth-order valence-electron chi connectivity index (χ4n) is 0.971. The summed E-state index contributed by atoms with van der Waals surface area (Å²) in [6, 6.07) is 7.19. The summed E-state index contributed by atoms with van der Waals surface area (Å²) < 4.78 is 20.9. The van der Waals surface area contributed by atoms with Gasteiger partial charge in [-0.05, 0) is 23.1 Å². The highest BCUT2D eigenvalue weighted by molar-refractivity contribution is 7.40. The highest BCUT2D eigenvalue weighted by Crippen LogP contribution is 2.28. The van der Waals surface area contributed by atoms with Crippen LogP contribution in [0.2, 0.25) is 0 Å². The minimum Gasteiger partial charge on any atom is -0.466 e. The first kappa shape index (κ1) is 11.7. The van der Waals surface area contributed by atoms with Crippen LogP contribution in [0.4, 0.5) is 0 Å². The SMILES string of the molecule is COC(=O)C[P+](=O)Oc1ccccc1C. The van der Waals surface area contributed by atoms with Crippen molar-refractivity contribution in [3.63, 3.8) is 0 Å². The Balaban J connectivity index is 2.59. The predicted molar refractivity (Wildman–Crippen MR) is 56.3 cm³/mol. The molecule has 0 heterocycles. The van der Waals surface area contributed by atoms with Gasteiger partial charge >= 0.3 is 14.0 Å². The minimum atomic E-state index is -2.04. The number of aryl methyl sites for hydroxylation is 1. The third kappa shape index (κ3) is 3.68. The smallest absolute Gasteiger partial charge is 0.466 e.